The molecule has 0 aliphatic heterocycles. The summed E-state index contributed by atoms with van der Waals surface area (Å²) >= 11 is 7.59. The summed E-state index contributed by atoms with van der Waals surface area (Å²) in [4.78, 5) is 0. The van der Waals surface area contributed by atoms with Gasteiger partial charge in [-0.1, -0.05) is 53.2 Å². The summed E-state index contributed by atoms with van der Waals surface area (Å²) in [6.45, 7) is 2.07. The minimum absolute atomic E-state index is 0.691. The van der Waals surface area contributed by atoms with Crippen LogP contribution in [-0.2, 0) is 5.75 Å². The first-order chi connectivity index (χ1) is 12.7. The monoisotopic (exact) mass is 381 g/mol. The Kier molecular flexibility index (Phi) is 4.82. The van der Waals surface area contributed by atoms with Gasteiger partial charge in [0.15, 0.2) is 10.9 Å². The van der Waals surface area contributed by atoms with Crippen LogP contribution in [0.15, 0.2) is 76.5 Å². The summed E-state index contributed by atoms with van der Waals surface area (Å²) in [7, 11) is 0. The van der Waals surface area contributed by atoms with Crippen LogP contribution < -0.4 is 0 Å². The van der Waals surface area contributed by atoms with Gasteiger partial charge in [0.2, 0.25) is 5.82 Å². The van der Waals surface area contributed by atoms with Gasteiger partial charge in [-0.25, -0.2) is 0 Å². The van der Waals surface area contributed by atoms with E-state index in [4.69, 9.17) is 16.0 Å². The average molecular weight is 382 g/mol. The molecule has 0 amide bonds. The quantitative estimate of drug-likeness (QED) is 0.411. The Morgan fingerprint density at radius 1 is 1.00 bits per heavy atom. The van der Waals surface area contributed by atoms with Gasteiger partial charge in [-0.3, -0.25) is 4.57 Å². The molecule has 0 N–H and O–H groups in total. The van der Waals surface area contributed by atoms with Gasteiger partial charge >= 0.3 is 0 Å². The standard InChI is InChI=1S/C20H16ClN3OS/c1-14-4-10-17(11-5-14)24-19(18-3-2-12-25-18)22-23-20(24)26-13-15-6-8-16(21)9-7-15/h2-12H,13H2,1H3. The molecule has 4 aromatic rings. The summed E-state index contributed by atoms with van der Waals surface area (Å²) in [6.07, 6.45) is 1.64. The highest BCUT2D eigenvalue weighted by Crippen LogP contribution is 2.30. The number of nitrogens with zero attached hydrogens (tertiary/aromatic N) is 3. The molecule has 0 fully saturated rings. The third kappa shape index (κ3) is 3.54. The zero-order chi connectivity index (χ0) is 17.9. The molecular weight excluding hydrogens is 366 g/mol. The summed E-state index contributed by atoms with van der Waals surface area (Å²) in [6, 6.07) is 19.9. The Bertz CT molecular complexity index is 993. The highest BCUT2D eigenvalue weighted by Gasteiger charge is 2.18. The Hall–Kier alpha value is -2.50. The molecule has 130 valence electrons. The zero-order valence-corrected chi connectivity index (χ0v) is 15.7. The molecule has 2 aromatic carbocycles. The van der Waals surface area contributed by atoms with Crippen LogP contribution in [0.1, 0.15) is 11.1 Å². The fourth-order valence-electron chi connectivity index (χ4n) is 2.58. The van der Waals surface area contributed by atoms with Gasteiger partial charge in [-0.2, -0.15) is 0 Å². The normalized spacial score (nSPS) is 11.0. The van der Waals surface area contributed by atoms with Gasteiger partial charge in [0.1, 0.15) is 0 Å². The number of halogens is 1. The molecule has 0 bridgehead atoms. The second-order valence-electron chi connectivity index (χ2n) is 5.87. The number of thioether (sulfide) groups is 1. The van der Waals surface area contributed by atoms with E-state index >= 15 is 0 Å². The van der Waals surface area contributed by atoms with Gasteiger partial charge in [-0.05, 0) is 48.9 Å². The molecule has 2 aromatic heterocycles. The summed E-state index contributed by atoms with van der Waals surface area (Å²) in [5.74, 6) is 2.16. The van der Waals surface area contributed by atoms with Crippen LogP contribution in [0.25, 0.3) is 17.3 Å². The first-order valence-electron chi connectivity index (χ1n) is 8.14. The highest BCUT2D eigenvalue weighted by atomic mass is 35.5. The van der Waals surface area contributed by atoms with E-state index in [9.17, 15) is 0 Å². The lowest BCUT2D eigenvalue weighted by molar-refractivity contribution is 0.575. The van der Waals surface area contributed by atoms with Crippen molar-refractivity contribution in [1.82, 2.24) is 14.8 Å². The van der Waals surface area contributed by atoms with Crippen LogP contribution in [0.4, 0.5) is 0 Å². The smallest absolute Gasteiger partial charge is 0.205 e. The first kappa shape index (κ1) is 16.9. The summed E-state index contributed by atoms with van der Waals surface area (Å²) in [5.41, 5.74) is 3.39. The Morgan fingerprint density at radius 3 is 2.46 bits per heavy atom. The Morgan fingerprint density at radius 2 is 1.77 bits per heavy atom. The molecule has 6 heteroatoms. The van der Waals surface area contributed by atoms with Gasteiger partial charge < -0.3 is 4.42 Å². The summed E-state index contributed by atoms with van der Waals surface area (Å²) < 4.78 is 7.57. The van der Waals surface area contributed by atoms with Crippen LogP contribution in [0.5, 0.6) is 0 Å². The van der Waals surface area contributed by atoms with Gasteiger partial charge in [-0.15, -0.1) is 10.2 Å². The van der Waals surface area contributed by atoms with E-state index in [2.05, 4.69) is 41.4 Å². The predicted octanol–water partition coefficient (Wildman–Crippen LogP) is 5.78. The molecule has 0 saturated heterocycles. The maximum atomic E-state index is 5.96. The van der Waals surface area contributed by atoms with E-state index in [1.165, 1.54) is 11.1 Å². The fraction of sp³-hybridized carbons (Fsp3) is 0.100. The molecule has 4 nitrogen and oxygen atoms in total. The van der Waals surface area contributed by atoms with Crippen LogP contribution in [0.2, 0.25) is 5.02 Å². The second kappa shape index (κ2) is 7.40. The molecule has 0 aliphatic carbocycles. The van der Waals surface area contributed by atoms with Crippen molar-refractivity contribution in [3.63, 3.8) is 0 Å². The lowest BCUT2D eigenvalue weighted by atomic mass is 10.2. The summed E-state index contributed by atoms with van der Waals surface area (Å²) in [5, 5.41) is 10.3. The number of aromatic nitrogens is 3. The van der Waals surface area contributed by atoms with Crippen LogP contribution >= 0.6 is 23.4 Å². The maximum Gasteiger partial charge on any atom is 0.205 e. The molecule has 26 heavy (non-hydrogen) atoms. The van der Waals surface area contributed by atoms with Gasteiger partial charge in [0.25, 0.3) is 0 Å². The van der Waals surface area contributed by atoms with Crippen LogP contribution in [0, 0.1) is 6.92 Å². The van der Waals surface area contributed by atoms with E-state index in [0.717, 1.165) is 21.6 Å². The van der Waals surface area contributed by atoms with Crippen molar-refractivity contribution >= 4 is 23.4 Å². The van der Waals surface area contributed by atoms with Crippen molar-refractivity contribution < 1.29 is 4.42 Å². The fourth-order valence-corrected chi connectivity index (χ4v) is 3.62. The van der Waals surface area contributed by atoms with Crippen LogP contribution in [-0.4, -0.2) is 14.8 Å². The van der Waals surface area contributed by atoms with E-state index in [1.807, 2.05) is 41.0 Å². The highest BCUT2D eigenvalue weighted by molar-refractivity contribution is 7.98. The minimum Gasteiger partial charge on any atom is -0.461 e. The number of hydrogen-bond donors (Lipinski definition) is 0. The number of furan rings is 1. The minimum atomic E-state index is 0.691. The number of hydrogen-bond acceptors (Lipinski definition) is 4. The van der Waals surface area contributed by atoms with Crippen molar-refractivity contribution in [2.75, 3.05) is 0 Å². The van der Waals surface area contributed by atoms with Gasteiger partial charge in [0.05, 0.1) is 6.26 Å². The molecule has 0 unspecified atom stereocenters. The van der Waals surface area contributed by atoms with E-state index in [-0.39, 0.29) is 0 Å². The number of aryl methyl sites for hydroxylation is 1. The van der Waals surface area contributed by atoms with Crippen LogP contribution in [0.3, 0.4) is 0 Å². The molecule has 0 atom stereocenters. The van der Waals surface area contributed by atoms with E-state index in [0.29, 0.717) is 11.6 Å². The zero-order valence-electron chi connectivity index (χ0n) is 14.1. The van der Waals surface area contributed by atoms with Crippen molar-refractivity contribution in [3.05, 3.63) is 83.1 Å². The van der Waals surface area contributed by atoms with E-state index in [1.54, 1.807) is 18.0 Å². The van der Waals surface area contributed by atoms with Crippen molar-refractivity contribution in [1.29, 1.82) is 0 Å². The predicted molar refractivity (Wildman–Crippen MR) is 105 cm³/mol. The first-order valence-corrected chi connectivity index (χ1v) is 9.50. The number of rotatable bonds is 5. The van der Waals surface area contributed by atoms with Crippen molar-refractivity contribution in [3.8, 4) is 17.3 Å². The Balaban J connectivity index is 1.70. The number of benzene rings is 2. The molecular formula is C20H16ClN3OS. The Labute approximate surface area is 160 Å². The second-order valence-corrected chi connectivity index (χ2v) is 7.25. The molecule has 4 rings (SSSR count). The SMILES string of the molecule is Cc1ccc(-n2c(SCc3ccc(Cl)cc3)nnc2-c2ccco2)cc1. The lowest BCUT2D eigenvalue weighted by Crippen LogP contribution is -1.99. The average Bonchev–Trinajstić information content (AvgIpc) is 3.31. The molecule has 2 heterocycles. The molecule has 0 radical (unpaired) electrons. The third-order valence-electron chi connectivity index (χ3n) is 3.95. The molecule has 0 aliphatic rings. The van der Waals surface area contributed by atoms with Crippen molar-refractivity contribution in [2.24, 2.45) is 0 Å². The maximum absolute atomic E-state index is 5.96. The lowest BCUT2D eigenvalue weighted by Gasteiger charge is -2.09. The molecule has 0 saturated carbocycles. The van der Waals surface area contributed by atoms with Gasteiger partial charge in [0, 0.05) is 16.5 Å². The third-order valence-corrected chi connectivity index (χ3v) is 5.20. The van der Waals surface area contributed by atoms with Crippen molar-refractivity contribution in [2.45, 2.75) is 17.8 Å². The van der Waals surface area contributed by atoms with E-state index < -0.39 is 0 Å². The largest absolute Gasteiger partial charge is 0.461 e. The molecule has 0 spiro atoms. The topological polar surface area (TPSA) is 43.9 Å².